The molecular weight excluding hydrogens is 273 g/mol. The number of rotatable bonds is 5. The van der Waals surface area contributed by atoms with Crippen LogP contribution in [0.15, 0.2) is 24.3 Å². The van der Waals surface area contributed by atoms with Crippen molar-refractivity contribution in [3.05, 3.63) is 41.2 Å². The Morgan fingerprint density at radius 1 is 1.43 bits per heavy atom. The fourth-order valence-corrected chi connectivity index (χ4v) is 2.33. The summed E-state index contributed by atoms with van der Waals surface area (Å²) in [4.78, 5) is 24.3. The lowest BCUT2D eigenvalue weighted by Crippen LogP contribution is -2.34. The van der Waals surface area contributed by atoms with E-state index in [2.05, 4.69) is 0 Å². The Bertz CT molecular complexity index is 579. The fraction of sp³-hybridized carbons (Fsp3) is 0.375. The van der Waals surface area contributed by atoms with Gasteiger partial charge in [0, 0.05) is 19.7 Å². The van der Waals surface area contributed by atoms with Gasteiger partial charge < -0.3 is 10.0 Å². The van der Waals surface area contributed by atoms with E-state index in [1.54, 1.807) is 7.05 Å². The molecule has 2 rings (SSSR count). The third kappa shape index (κ3) is 3.90. The number of nitrogens with zero attached hydrogens (tertiary/aromatic N) is 1. The summed E-state index contributed by atoms with van der Waals surface area (Å²) in [5.74, 6) is -1.54. The highest BCUT2D eigenvalue weighted by molar-refractivity contribution is 5.95. The Morgan fingerprint density at radius 3 is 2.71 bits per heavy atom. The SMILES string of the molecule is CN(CC1CCC1)C(=O)c1cc(C=CC(=O)O)ccc1F. The topological polar surface area (TPSA) is 57.6 Å². The monoisotopic (exact) mass is 291 g/mol. The Labute approximate surface area is 122 Å². The van der Waals surface area contributed by atoms with E-state index in [1.807, 2.05) is 0 Å². The van der Waals surface area contributed by atoms with Gasteiger partial charge in [0.2, 0.25) is 0 Å². The molecule has 4 nitrogen and oxygen atoms in total. The maximum Gasteiger partial charge on any atom is 0.328 e. The van der Waals surface area contributed by atoms with Gasteiger partial charge in [-0.15, -0.1) is 0 Å². The summed E-state index contributed by atoms with van der Waals surface area (Å²) < 4.78 is 13.8. The summed E-state index contributed by atoms with van der Waals surface area (Å²) in [6.45, 7) is 0.632. The van der Waals surface area contributed by atoms with Crippen LogP contribution in [0.25, 0.3) is 6.08 Å². The molecular formula is C16H18FNO3. The first-order valence-corrected chi connectivity index (χ1v) is 6.93. The Hall–Kier alpha value is -2.17. The molecule has 0 aliphatic heterocycles. The minimum atomic E-state index is -1.09. The number of aliphatic carboxylic acids is 1. The van der Waals surface area contributed by atoms with Crippen LogP contribution in [0.1, 0.15) is 35.2 Å². The van der Waals surface area contributed by atoms with Crippen LogP contribution in [-0.2, 0) is 4.79 Å². The highest BCUT2D eigenvalue weighted by atomic mass is 19.1. The van der Waals surface area contributed by atoms with Gasteiger partial charge in [0.1, 0.15) is 5.82 Å². The molecule has 0 unspecified atom stereocenters. The predicted octanol–water partition coefficient (Wildman–Crippen LogP) is 2.80. The van der Waals surface area contributed by atoms with Crippen molar-refractivity contribution >= 4 is 18.0 Å². The van der Waals surface area contributed by atoms with Crippen LogP contribution in [0.2, 0.25) is 0 Å². The van der Waals surface area contributed by atoms with Crippen LogP contribution in [0.5, 0.6) is 0 Å². The Kier molecular flexibility index (Phi) is 4.73. The number of hydrogen-bond acceptors (Lipinski definition) is 2. The third-order valence-electron chi connectivity index (χ3n) is 3.74. The second-order valence-electron chi connectivity index (χ2n) is 5.39. The largest absolute Gasteiger partial charge is 0.478 e. The summed E-state index contributed by atoms with van der Waals surface area (Å²) in [5, 5.41) is 8.59. The zero-order chi connectivity index (χ0) is 15.4. The summed E-state index contributed by atoms with van der Waals surface area (Å²) >= 11 is 0. The molecule has 1 fully saturated rings. The number of carboxylic acid groups (broad SMARTS) is 1. The first kappa shape index (κ1) is 15.2. The average Bonchev–Trinajstić information content (AvgIpc) is 2.40. The van der Waals surface area contributed by atoms with E-state index in [0.717, 1.165) is 18.9 Å². The van der Waals surface area contributed by atoms with Crippen LogP contribution in [-0.4, -0.2) is 35.5 Å². The minimum Gasteiger partial charge on any atom is -0.478 e. The summed E-state index contributed by atoms with van der Waals surface area (Å²) in [7, 11) is 1.67. The number of carboxylic acids is 1. The molecule has 0 atom stereocenters. The van der Waals surface area contributed by atoms with Gasteiger partial charge in [-0.25, -0.2) is 9.18 Å². The van der Waals surface area contributed by atoms with Crippen LogP contribution >= 0.6 is 0 Å². The standard InChI is InChI=1S/C16H18FNO3/c1-18(10-12-3-2-4-12)16(21)13-9-11(5-7-14(13)17)6-8-15(19)20/h5-9,12H,2-4,10H2,1H3,(H,19,20). The first-order valence-electron chi connectivity index (χ1n) is 6.93. The Balaban J connectivity index is 2.14. The second-order valence-corrected chi connectivity index (χ2v) is 5.39. The van der Waals surface area contributed by atoms with Crippen molar-refractivity contribution in [1.29, 1.82) is 0 Å². The molecule has 1 aliphatic carbocycles. The molecule has 1 aromatic carbocycles. The molecule has 112 valence electrons. The van der Waals surface area contributed by atoms with E-state index in [4.69, 9.17) is 5.11 Å². The van der Waals surface area contributed by atoms with Gasteiger partial charge >= 0.3 is 5.97 Å². The smallest absolute Gasteiger partial charge is 0.328 e. The Morgan fingerprint density at radius 2 is 2.14 bits per heavy atom. The highest BCUT2D eigenvalue weighted by Crippen LogP contribution is 2.27. The molecule has 1 aromatic rings. The fourth-order valence-electron chi connectivity index (χ4n) is 2.33. The van der Waals surface area contributed by atoms with Gasteiger partial charge in [0.25, 0.3) is 5.91 Å². The maximum atomic E-state index is 13.8. The number of halogens is 1. The number of hydrogen-bond donors (Lipinski definition) is 1. The second kappa shape index (κ2) is 6.52. The van der Waals surface area contributed by atoms with Crippen LogP contribution in [0, 0.1) is 11.7 Å². The first-order chi connectivity index (χ1) is 9.97. The van der Waals surface area contributed by atoms with Gasteiger partial charge in [-0.1, -0.05) is 12.5 Å². The minimum absolute atomic E-state index is 0.0237. The zero-order valence-corrected chi connectivity index (χ0v) is 11.9. The lowest BCUT2D eigenvalue weighted by atomic mass is 9.85. The highest BCUT2D eigenvalue weighted by Gasteiger charge is 2.23. The quantitative estimate of drug-likeness (QED) is 0.849. The van der Waals surface area contributed by atoms with E-state index in [0.29, 0.717) is 18.0 Å². The molecule has 1 N–H and O–H groups in total. The van der Waals surface area contributed by atoms with Gasteiger partial charge in [-0.3, -0.25) is 4.79 Å². The molecule has 0 spiro atoms. The number of carbonyl (C=O) groups is 2. The summed E-state index contributed by atoms with van der Waals surface area (Å²) in [5.41, 5.74) is 0.462. The molecule has 0 aromatic heterocycles. The molecule has 1 aliphatic rings. The number of carbonyl (C=O) groups excluding carboxylic acids is 1. The lowest BCUT2D eigenvalue weighted by Gasteiger charge is -2.30. The number of amides is 1. The van der Waals surface area contributed by atoms with Crippen LogP contribution in [0.4, 0.5) is 4.39 Å². The van der Waals surface area contributed by atoms with Crippen LogP contribution in [0.3, 0.4) is 0 Å². The van der Waals surface area contributed by atoms with Crippen molar-refractivity contribution < 1.29 is 19.1 Å². The van der Waals surface area contributed by atoms with E-state index in [1.165, 1.54) is 35.6 Å². The predicted molar refractivity (Wildman–Crippen MR) is 77.4 cm³/mol. The molecule has 0 bridgehead atoms. The normalized spacial score (nSPS) is 15.0. The van der Waals surface area contributed by atoms with Crippen molar-refractivity contribution in [1.82, 2.24) is 4.90 Å². The van der Waals surface area contributed by atoms with E-state index in [9.17, 15) is 14.0 Å². The molecule has 1 amide bonds. The number of benzene rings is 1. The average molecular weight is 291 g/mol. The molecule has 0 saturated heterocycles. The molecule has 5 heteroatoms. The summed E-state index contributed by atoms with van der Waals surface area (Å²) in [6, 6.07) is 4.01. The van der Waals surface area contributed by atoms with Crippen molar-refractivity contribution in [3.8, 4) is 0 Å². The van der Waals surface area contributed by atoms with E-state index in [-0.39, 0.29) is 11.5 Å². The van der Waals surface area contributed by atoms with Crippen molar-refractivity contribution in [3.63, 3.8) is 0 Å². The van der Waals surface area contributed by atoms with Crippen LogP contribution < -0.4 is 0 Å². The molecule has 0 radical (unpaired) electrons. The van der Waals surface area contributed by atoms with Gasteiger partial charge in [-0.2, -0.15) is 0 Å². The van der Waals surface area contributed by atoms with Crippen molar-refractivity contribution in [2.24, 2.45) is 5.92 Å². The zero-order valence-electron chi connectivity index (χ0n) is 11.9. The van der Waals surface area contributed by atoms with E-state index >= 15 is 0 Å². The third-order valence-corrected chi connectivity index (χ3v) is 3.74. The maximum absolute atomic E-state index is 13.8. The van der Waals surface area contributed by atoms with Crippen molar-refractivity contribution in [2.45, 2.75) is 19.3 Å². The van der Waals surface area contributed by atoms with Gasteiger partial charge in [-0.05, 0) is 42.5 Å². The van der Waals surface area contributed by atoms with Gasteiger partial charge in [0.05, 0.1) is 5.56 Å². The molecule has 0 heterocycles. The molecule has 21 heavy (non-hydrogen) atoms. The molecule has 1 saturated carbocycles. The van der Waals surface area contributed by atoms with E-state index < -0.39 is 11.8 Å². The van der Waals surface area contributed by atoms with Crippen molar-refractivity contribution in [2.75, 3.05) is 13.6 Å². The lowest BCUT2D eigenvalue weighted by molar-refractivity contribution is -0.131. The van der Waals surface area contributed by atoms with Gasteiger partial charge in [0.15, 0.2) is 0 Å². The summed E-state index contributed by atoms with van der Waals surface area (Å²) in [6.07, 6.45) is 5.71.